The highest BCUT2D eigenvalue weighted by Crippen LogP contribution is 2.13. The minimum atomic E-state index is -0.422. The van der Waals surface area contributed by atoms with E-state index >= 15 is 0 Å². The summed E-state index contributed by atoms with van der Waals surface area (Å²) in [7, 11) is 2.09. The number of hydrogen-bond acceptors (Lipinski definition) is 2. The lowest BCUT2D eigenvalue weighted by molar-refractivity contribution is 0.181. The van der Waals surface area contributed by atoms with Gasteiger partial charge in [-0.15, -0.1) is 0 Å². The van der Waals surface area contributed by atoms with Crippen molar-refractivity contribution in [2.24, 2.45) is 5.73 Å². The van der Waals surface area contributed by atoms with Crippen LogP contribution in [0.3, 0.4) is 0 Å². The molecule has 2 amide bonds. The van der Waals surface area contributed by atoms with Gasteiger partial charge in [-0.1, -0.05) is 6.42 Å². The number of primary amides is 1. The third-order valence-electron chi connectivity index (χ3n) is 2.43. The molecule has 0 bridgehead atoms. The van der Waals surface area contributed by atoms with E-state index in [2.05, 4.69) is 17.3 Å². The van der Waals surface area contributed by atoms with Gasteiger partial charge in [0.1, 0.15) is 0 Å². The summed E-state index contributed by atoms with van der Waals surface area (Å²) in [5.74, 6) is 0. The van der Waals surface area contributed by atoms with Crippen LogP contribution in [0.1, 0.15) is 19.3 Å². The molecule has 4 nitrogen and oxygen atoms in total. The number of piperidine rings is 1. The molecule has 0 aliphatic carbocycles. The van der Waals surface area contributed by atoms with Crippen LogP contribution in [0.2, 0.25) is 0 Å². The molecule has 0 aromatic carbocycles. The molecule has 0 aromatic rings. The van der Waals surface area contributed by atoms with Gasteiger partial charge in [0.25, 0.3) is 0 Å². The largest absolute Gasteiger partial charge is 0.352 e. The van der Waals surface area contributed by atoms with E-state index in [0.29, 0.717) is 12.6 Å². The van der Waals surface area contributed by atoms with Crippen LogP contribution in [0.4, 0.5) is 4.79 Å². The minimum Gasteiger partial charge on any atom is -0.352 e. The molecule has 1 saturated heterocycles. The van der Waals surface area contributed by atoms with Crippen LogP contribution in [0.15, 0.2) is 0 Å². The number of urea groups is 1. The summed E-state index contributed by atoms with van der Waals surface area (Å²) in [5, 5.41) is 2.64. The van der Waals surface area contributed by atoms with Crippen molar-refractivity contribution >= 4 is 6.03 Å². The van der Waals surface area contributed by atoms with Crippen molar-refractivity contribution in [1.29, 1.82) is 0 Å². The van der Waals surface area contributed by atoms with Crippen molar-refractivity contribution in [3.63, 3.8) is 0 Å². The Hall–Kier alpha value is -0.770. The van der Waals surface area contributed by atoms with E-state index in [1.54, 1.807) is 0 Å². The van der Waals surface area contributed by atoms with Gasteiger partial charge >= 0.3 is 6.03 Å². The highest BCUT2D eigenvalue weighted by atomic mass is 16.2. The lowest BCUT2D eigenvalue weighted by Gasteiger charge is -2.32. The fraction of sp³-hybridized carbons (Fsp3) is 0.875. The van der Waals surface area contributed by atoms with Gasteiger partial charge in [0.15, 0.2) is 0 Å². The van der Waals surface area contributed by atoms with Crippen LogP contribution in [0.25, 0.3) is 0 Å². The van der Waals surface area contributed by atoms with Gasteiger partial charge in [0.2, 0.25) is 0 Å². The van der Waals surface area contributed by atoms with Crippen molar-refractivity contribution in [2.75, 3.05) is 20.1 Å². The second kappa shape index (κ2) is 4.30. The number of nitrogens with two attached hydrogens (primary N) is 1. The Morgan fingerprint density at radius 2 is 2.42 bits per heavy atom. The molecule has 1 unspecified atom stereocenters. The van der Waals surface area contributed by atoms with Gasteiger partial charge in [-0.05, 0) is 26.4 Å². The van der Waals surface area contributed by atoms with E-state index in [4.69, 9.17) is 5.73 Å². The van der Waals surface area contributed by atoms with Crippen LogP contribution in [0.5, 0.6) is 0 Å². The smallest absolute Gasteiger partial charge is 0.312 e. The van der Waals surface area contributed by atoms with Gasteiger partial charge in [0.05, 0.1) is 0 Å². The van der Waals surface area contributed by atoms with Gasteiger partial charge in [-0.3, -0.25) is 0 Å². The first kappa shape index (κ1) is 9.32. The van der Waals surface area contributed by atoms with Gasteiger partial charge in [0, 0.05) is 12.6 Å². The number of nitrogens with one attached hydrogen (secondary N) is 1. The molecule has 4 heteroatoms. The molecule has 0 radical (unpaired) electrons. The van der Waals surface area contributed by atoms with Gasteiger partial charge in [-0.25, -0.2) is 4.79 Å². The number of likely N-dealkylation sites (N-methyl/N-ethyl adjacent to an activating group) is 1. The molecule has 0 saturated carbocycles. The summed E-state index contributed by atoms with van der Waals surface area (Å²) in [6.07, 6.45) is 3.69. The Morgan fingerprint density at radius 3 is 3.00 bits per heavy atom. The minimum absolute atomic E-state index is 0.422. The van der Waals surface area contributed by atoms with Crippen molar-refractivity contribution in [2.45, 2.75) is 25.3 Å². The number of hydrogen-bond donors (Lipinski definition) is 2. The highest BCUT2D eigenvalue weighted by molar-refractivity contribution is 5.71. The van der Waals surface area contributed by atoms with Crippen molar-refractivity contribution in [3.05, 3.63) is 0 Å². The molecule has 1 heterocycles. The van der Waals surface area contributed by atoms with Crippen LogP contribution in [-0.2, 0) is 0 Å². The third kappa shape index (κ3) is 2.70. The predicted octanol–water partition coefficient (Wildman–Crippen LogP) is 0.139. The molecule has 1 rings (SSSR count). The topological polar surface area (TPSA) is 58.4 Å². The summed E-state index contributed by atoms with van der Waals surface area (Å²) in [6, 6.07) is 0.0558. The van der Waals surface area contributed by atoms with Crippen LogP contribution in [0, 0.1) is 0 Å². The van der Waals surface area contributed by atoms with Gasteiger partial charge < -0.3 is 16.0 Å². The maximum Gasteiger partial charge on any atom is 0.312 e. The Morgan fingerprint density at radius 1 is 1.67 bits per heavy atom. The lowest BCUT2D eigenvalue weighted by atomic mass is 10.0. The van der Waals surface area contributed by atoms with Crippen molar-refractivity contribution in [3.8, 4) is 0 Å². The lowest BCUT2D eigenvalue weighted by Crippen LogP contribution is -2.45. The molecular weight excluding hydrogens is 154 g/mol. The van der Waals surface area contributed by atoms with E-state index in [0.717, 1.165) is 13.0 Å². The Labute approximate surface area is 73.1 Å². The maximum absolute atomic E-state index is 10.4. The van der Waals surface area contributed by atoms with Crippen LogP contribution >= 0.6 is 0 Å². The first-order valence-electron chi connectivity index (χ1n) is 4.43. The standard InChI is InChI=1S/C8H17N3O/c1-11-5-3-2-4-7(11)6-10-8(9)12/h7H,2-6H2,1H3,(H3,9,10,12). The van der Waals surface area contributed by atoms with Crippen LogP contribution in [-0.4, -0.2) is 37.1 Å². The number of likely N-dealkylation sites (tertiary alicyclic amines) is 1. The third-order valence-corrected chi connectivity index (χ3v) is 2.43. The Bertz CT molecular complexity index is 160. The first-order chi connectivity index (χ1) is 5.70. The second-order valence-corrected chi connectivity index (χ2v) is 3.38. The maximum atomic E-state index is 10.4. The average Bonchev–Trinajstić information content (AvgIpc) is 2.03. The fourth-order valence-corrected chi connectivity index (χ4v) is 1.62. The number of carbonyl (C=O) groups is 1. The van der Waals surface area contributed by atoms with Crippen molar-refractivity contribution in [1.82, 2.24) is 10.2 Å². The molecule has 12 heavy (non-hydrogen) atoms. The number of rotatable bonds is 2. The predicted molar refractivity (Wildman–Crippen MR) is 47.9 cm³/mol. The zero-order valence-electron chi connectivity index (χ0n) is 7.55. The molecule has 1 aliphatic rings. The number of nitrogens with zero attached hydrogens (tertiary/aromatic N) is 1. The fourth-order valence-electron chi connectivity index (χ4n) is 1.62. The molecule has 0 spiro atoms. The number of amides is 2. The molecule has 3 N–H and O–H groups in total. The average molecular weight is 171 g/mol. The summed E-state index contributed by atoms with van der Waals surface area (Å²) < 4.78 is 0. The first-order valence-corrected chi connectivity index (χ1v) is 4.43. The summed E-state index contributed by atoms with van der Waals surface area (Å²) in [4.78, 5) is 12.7. The monoisotopic (exact) mass is 171 g/mol. The normalized spacial score (nSPS) is 25.2. The van der Waals surface area contributed by atoms with Crippen LogP contribution < -0.4 is 11.1 Å². The SMILES string of the molecule is CN1CCCCC1CNC(N)=O. The second-order valence-electron chi connectivity index (χ2n) is 3.38. The van der Waals surface area contributed by atoms with E-state index < -0.39 is 6.03 Å². The molecule has 1 aliphatic heterocycles. The molecule has 70 valence electrons. The Kier molecular flexibility index (Phi) is 3.34. The Balaban J connectivity index is 2.24. The quantitative estimate of drug-likeness (QED) is 0.621. The zero-order valence-corrected chi connectivity index (χ0v) is 7.55. The zero-order chi connectivity index (χ0) is 8.97. The van der Waals surface area contributed by atoms with E-state index in [-0.39, 0.29) is 0 Å². The summed E-state index contributed by atoms with van der Waals surface area (Å²) in [6.45, 7) is 1.82. The van der Waals surface area contributed by atoms with E-state index in [1.807, 2.05) is 0 Å². The molecule has 0 aromatic heterocycles. The molecule has 1 fully saturated rings. The molecular formula is C8H17N3O. The number of carbonyl (C=O) groups excluding carboxylic acids is 1. The van der Waals surface area contributed by atoms with E-state index in [1.165, 1.54) is 12.8 Å². The van der Waals surface area contributed by atoms with Crippen molar-refractivity contribution < 1.29 is 4.79 Å². The van der Waals surface area contributed by atoms with Gasteiger partial charge in [-0.2, -0.15) is 0 Å². The molecule has 1 atom stereocenters. The summed E-state index contributed by atoms with van der Waals surface area (Å²) >= 11 is 0. The summed E-state index contributed by atoms with van der Waals surface area (Å²) in [5.41, 5.74) is 4.99. The van der Waals surface area contributed by atoms with E-state index in [9.17, 15) is 4.79 Å². The highest BCUT2D eigenvalue weighted by Gasteiger charge is 2.18.